The predicted octanol–water partition coefficient (Wildman–Crippen LogP) is 4.29. The monoisotopic (exact) mass is 486 g/mol. The maximum absolute atomic E-state index is 13.8. The van der Waals surface area contributed by atoms with Crippen LogP contribution in [0.1, 0.15) is 51.3 Å². The molecule has 2 aliphatic rings. The third-order valence-corrected chi connectivity index (χ3v) is 8.00. The van der Waals surface area contributed by atoms with E-state index in [1.54, 1.807) is 7.11 Å². The van der Waals surface area contributed by atoms with Crippen molar-refractivity contribution in [2.45, 2.75) is 57.9 Å². The number of nitrogens with one attached hydrogen (secondary N) is 1. The van der Waals surface area contributed by atoms with E-state index in [4.69, 9.17) is 18.9 Å². The van der Waals surface area contributed by atoms with Crippen molar-refractivity contribution in [2.75, 3.05) is 53.4 Å². The number of carbonyl (C=O) groups is 1. The first kappa shape index (κ1) is 26.1. The number of para-hydroxylation sites is 1. The highest BCUT2D eigenvalue weighted by Crippen LogP contribution is 2.48. The van der Waals surface area contributed by atoms with Crippen LogP contribution in [0.2, 0.25) is 0 Å². The molecule has 0 amide bonds. The van der Waals surface area contributed by atoms with E-state index in [1.807, 2.05) is 6.92 Å². The molecule has 0 aliphatic carbocycles. The second-order valence-electron chi connectivity index (χ2n) is 10.3. The average molecular weight is 487 g/mol. The number of H-pyrrole nitrogens is 1. The van der Waals surface area contributed by atoms with E-state index >= 15 is 0 Å². The van der Waals surface area contributed by atoms with Crippen LogP contribution in [-0.2, 0) is 35.6 Å². The molecule has 4 unspecified atom stereocenters. The maximum atomic E-state index is 13.8. The van der Waals surface area contributed by atoms with Crippen LogP contribution in [-0.4, -0.2) is 75.3 Å². The molecular formula is C28H42N2O5. The smallest absolute Gasteiger partial charge is 0.319 e. The number of aromatic amines is 1. The standard InChI is InChI=1S/C28H42N2O5/c1-5-35-27(31)28-17-22(16-20(2)11-13-33-19-34-15-14-32-4)18-30(21(28)3)12-10-24-23-8-6-7-9-25(23)29-26(24)28/h6-9,20-22,29H,5,10-19H2,1-4H3/t20?,21?,22-,28?/m0/s1. The lowest BCUT2D eigenvalue weighted by Crippen LogP contribution is -2.60. The van der Waals surface area contributed by atoms with Gasteiger partial charge in [0.15, 0.2) is 0 Å². The van der Waals surface area contributed by atoms with Gasteiger partial charge in [0.25, 0.3) is 0 Å². The van der Waals surface area contributed by atoms with Gasteiger partial charge < -0.3 is 23.9 Å². The average Bonchev–Trinajstić information content (AvgIpc) is 3.20. The van der Waals surface area contributed by atoms with Crippen LogP contribution in [0.4, 0.5) is 0 Å². The van der Waals surface area contributed by atoms with Gasteiger partial charge in [-0.3, -0.25) is 9.69 Å². The number of ether oxygens (including phenoxy) is 4. The summed E-state index contributed by atoms with van der Waals surface area (Å²) < 4.78 is 21.8. The van der Waals surface area contributed by atoms with Crippen LogP contribution < -0.4 is 0 Å². The van der Waals surface area contributed by atoms with E-state index in [-0.39, 0.29) is 12.0 Å². The molecule has 3 heterocycles. The molecular weight excluding hydrogens is 444 g/mol. The lowest BCUT2D eigenvalue weighted by atomic mass is 9.66. The van der Waals surface area contributed by atoms with Crippen LogP contribution in [0.5, 0.6) is 0 Å². The van der Waals surface area contributed by atoms with E-state index in [0.29, 0.717) is 45.1 Å². The van der Waals surface area contributed by atoms with Crippen molar-refractivity contribution in [3.63, 3.8) is 0 Å². The number of nitrogens with zero attached hydrogens (tertiary/aromatic N) is 1. The molecule has 7 heteroatoms. The quantitative estimate of drug-likeness (QED) is 0.274. The molecule has 194 valence electrons. The number of aromatic nitrogens is 1. The molecule has 1 aromatic carbocycles. The Morgan fingerprint density at radius 3 is 2.83 bits per heavy atom. The fourth-order valence-electron chi connectivity index (χ4n) is 6.25. The summed E-state index contributed by atoms with van der Waals surface area (Å²) in [5.74, 6) is 0.832. The highest BCUT2D eigenvalue weighted by molar-refractivity contribution is 5.91. The zero-order valence-electron chi connectivity index (χ0n) is 21.8. The zero-order valence-corrected chi connectivity index (χ0v) is 21.8. The fourth-order valence-corrected chi connectivity index (χ4v) is 6.25. The van der Waals surface area contributed by atoms with Crippen molar-refractivity contribution >= 4 is 16.9 Å². The van der Waals surface area contributed by atoms with Gasteiger partial charge in [-0.2, -0.15) is 0 Å². The van der Waals surface area contributed by atoms with Gasteiger partial charge in [-0.15, -0.1) is 0 Å². The lowest BCUT2D eigenvalue weighted by Gasteiger charge is -2.48. The second kappa shape index (κ2) is 11.9. The summed E-state index contributed by atoms with van der Waals surface area (Å²) >= 11 is 0. The topological polar surface area (TPSA) is 73.0 Å². The Morgan fingerprint density at radius 2 is 2.03 bits per heavy atom. The fraction of sp³-hybridized carbons (Fsp3) is 0.679. The molecule has 1 fully saturated rings. The van der Waals surface area contributed by atoms with Crippen LogP contribution in [0.3, 0.4) is 0 Å². The lowest BCUT2D eigenvalue weighted by molar-refractivity contribution is -0.157. The summed E-state index contributed by atoms with van der Waals surface area (Å²) in [6.07, 6.45) is 3.80. The molecule has 0 spiro atoms. The maximum Gasteiger partial charge on any atom is 0.319 e. The molecule has 1 saturated heterocycles. The molecule has 1 N–H and O–H groups in total. The van der Waals surface area contributed by atoms with Gasteiger partial charge in [0, 0.05) is 49.4 Å². The predicted molar refractivity (Wildman–Crippen MR) is 137 cm³/mol. The van der Waals surface area contributed by atoms with E-state index in [9.17, 15) is 4.79 Å². The Hall–Kier alpha value is -1.93. The first-order chi connectivity index (χ1) is 17.0. The number of piperidine rings is 1. The molecule has 5 atom stereocenters. The molecule has 2 aromatic rings. The molecule has 2 bridgehead atoms. The normalized spacial score (nSPS) is 26.8. The molecule has 2 aliphatic heterocycles. The second-order valence-corrected chi connectivity index (χ2v) is 10.3. The highest BCUT2D eigenvalue weighted by atomic mass is 16.7. The number of hydrogen-bond acceptors (Lipinski definition) is 6. The summed E-state index contributed by atoms with van der Waals surface area (Å²) in [6, 6.07) is 8.53. The Kier molecular flexibility index (Phi) is 8.87. The van der Waals surface area contributed by atoms with Crippen molar-refractivity contribution in [1.29, 1.82) is 0 Å². The number of fused-ring (bicyclic) bond motifs is 6. The zero-order chi connectivity index (χ0) is 24.8. The Balaban J connectivity index is 1.51. The van der Waals surface area contributed by atoms with Gasteiger partial charge in [0.05, 0.1) is 19.8 Å². The van der Waals surface area contributed by atoms with Gasteiger partial charge in [0.2, 0.25) is 0 Å². The number of carbonyl (C=O) groups excluding carboxylic acids is 1. The van der Waals surface area contributed by atoms with Gasteiger partial charge in [-0.25, -0.2) is 0 Å². The van der Waals surface area contributed by atoms with Crippen molar-refractivity contribution in [3.8, 4) is 0 Å². The first-order valence-corrected chi connectivity index (χ1v) is 13.2. The summed E-state index contributed by atoms with van der Waals surface area (Å²) in [6.45, 7) is 10.9. The van der Waals surface area contributed by atoms with E-state index in [1.165, 1.54) is 10.9 Å². The van der Waals surface area contributed by atoms with Crippen molar-refractivity contribution in [3.05, 3.63) is 35.5 Å². The van der Waals surface area contributed by atoms with Crippen LogP contribution in [0.25, 0.3) is 10.9 Å². The minimum Gasteiger partial charge on any atom is -0.465 e. The SMILES string of the molecule is CCOC(=O)C12C[C@H](CC(C)CCOCOCCOC)CN(CCc3c1[nH]c1ccccc31)C2C. The van der Waals surface area contributed by atoms with Crippen LogP contribution >= 0.6 is 0 Å². The summed E-state index contributed by atoms with van der Waals surface area (Å²) in [4.78, 5) is 20.0. The summed E-state index contributed by atoms with van der Waals surface area (Å²) in [7, 11) is 1.66. The number of esters is 1. The van der Waals surface area contributed by atoms with E-state index in [2.05, 4.69) is 48.0 Å². The molecule has 0 radical (unpaired) electrons. The molecule has 4 rings (SSSR count). The van der Waals surface area contributed by atoms with Crippen LogP contribution in [0.15, 0.2) is 24.3 Å². The summed E-state index contributed by atoms with van der Waals surface area (Å²) in [5, 5.41) is 1.24. The number of benzene rings is 1. The van der Waals surface area contributed by atoms with E-state index in [0.717, 1.165) is 50.0 Å². The minimum atomic E-state index is -0.671. The molecule has 7 nitrogen and oxygen atoms in total. The third kappa shape index (κ3) is 5.43. The summed E-state index contributed by atoms with van der Waals surface area (Å²) in [5.41, 5.74) is 2.82. The Morgan fingerprint density at radius 1 is 1.23 bits per heavy atom. The van der Waals surface area contributed by atoms with Crippen molar-refractivity contribution in [2.24, 2.45) is 11.8 Å². The Bertz CT molecular complexity index is 975. The van der Waals surface area contributed by atoms with Gasteiger partial charge in [-0.05, 0) is 63.0 Å². The number of rotatable bonds is 12. The van der Waals surface area contributed by atoms with Crippen molar-refractivity contribution < 1.29 is 23.7 Å². The molecule has 1 aromatic heterocycles. The van der Waals surface area contributed by atoms with E-state index < -0.39 is 5.41 Å². The molecule has 0 saturated carbocycles. The van der Waals surface area contributed by atoms with Gasteiger partial charge in [0.1, 0.15) is 12.2 Å². The highest BCUT2D eigenvalue weighted by Gasteiger charge is 2.56. The minimum absolute atomic E-state index is 0.0823. The first-order valence-electron chi connectivity index (χ1n) is 13.2. The van der Waals surface area contributed by atoms with Crippen LogP contribution in [0, 0.1) is 11.8 Å². The largest absolute Gasteiger partial charge is 0.465 e. The molecule has 35 heavy (non-hydrogen) atoms. The number of methoxy groups -OCH3 is 1. The number of hydrogen-bond donors (Lipinski definition) is 1. The Labute approximate surface area is 209 Å². The van der Waals surface area contributed by atoms with Crippen molar-refractivity contribution in [1.82, 2.24) is 9.88 Å². The third-order valence-electron chi connectivity index (χ3n) is 8.00. The van der Waals surface area contributed by atoms with Gasteiger partial charge in [-0.1, -0.05) is 25.1 Å². The van der Waals surface area contributed by atoms with Gasteiger partial charge >= 0.3 is 5.97 Å².